The van der Waals surface area contributed by atoms with Crippen molar-refractivity contribution in [3.05, 3.63) is 165 Å². The number of thiophene rings is 2. The first-order chi connectivity index (χ1) is 30.8. The largest absolute Gasteiger partial charge is 0.311 e. The van der Waals surface area contributed by atoms with Crippen LogP contribution in [0.15, 0.2) is 127 Å². The van der Waals surface area contributed by atoms with E-state index >= 15 is 0 Å². The molecule has 0 atom stereocenters. The van der Waals surface area contributed by atoms with E-state index in [9.17, 15) is 15.3 Å². The fourth-order valence-corrected chi connectivity index (χ4v) is 11.0. The van der Waals surface area contributed by atoms with Crippen molar-refractivity contribution in [1.82, 2.24) is 0 Å². The molecule has 7 aromatic rings. The first kappa shape index (κ1) is 43.3. The number of nitrogens with zero attached hydrogens (tertiary/aromatic N) is 3. The van der Waals surface area contributed by atoms with Crippen LogP contribution in [0.2, 0.25) is 0 Å². The average molecular weight is 860 g/mol. The van der Waals surface area contributed by atoms with Crippen LogP contribution in [-0.2, 0) is 12.8 Å². The Morgan fingerprint density at radius 1 is 0.540 bits per heavy atom. The van der Waals surface area contributed by atoms with Crippen LogP contribution in [0.1, 0.15) is 108 Å². The van der Waals surface area contributed by atoms with Gasteiger partial charge in [-0.2, -0.15) is 10.5 Å². The second-order valence-electron chi connectivity index (χ2n) is 16.8. The van der Waals surface area contributed by atoms with Gasteiger partial charge >= 0.3 is 0 Å². The number of anilines is 3. The molecule has 0 bridgehead atoms. The standard InChI is InChI=1S/C57H53N3OS2/c1-5-7-9-11-13-42-34-54(62-53(42)31-40(36-58)37-59)43-21-29-49-50-30-22-44(33-52(50)56(61)51(49)32-43)55-35-45(14-12-10-8-6-2)57(63-55)41-19-27-48(28-20-41)60(46-23-15-38(3)16-24-46)47-25-17-39(4)18-26-47/h15-35H,5-14H2,1-4H3. The van der Waals surface area contributed by atoms with Gasteiger partial charge < -0.3 is 4.90 Å². The molecule has 8 rings (SSSR count). The third kappa shape index (κ3) is 9.54. The summed E-state index contributed by atoms with van der Waals surface area (Å²) in [6, 6.07) is 47.7. The highest BCUT2D eigenvalue weighted by Gasteiger charge is 2.28. The van der Waals surface area contributed by atoms with Crippen molar-refractivity contribution in [2.24, 2.45) is 0 Å². The minimum atomic E-state index is 0.0512. The third-order valence-electron chi connectivity index (χ3n) is 12.1. The molecule has 314 valence electrons. The Bertz CT molecular complexity index is 2800. The lowest BCUT2D eigenvalue weighted by Crippen LogP contribution is -2.09. The summed E-state index contributed by atoms with van der Waals surface area (Å²) in [6.45, 7) is 8.71. The van der Waals surface area contributed by atoms with Gasteiger partial charge in [-0.25, -0.2) is 0 Å². The Balaban J connectivity index is 1.09. The maximum atomic E-state index is 14.3. The van der Waals surface area contributed by atoms with Crippen molar-refractivity contribution in [2.45, 2.75) is 91.9 Å². The van der Waals surface area contributed by atoms with Crippen LogP contribution in [0.4, 0.5) is 17.1 Å². The van der Waals surface area contributed by atoms with Crippen molar-refractivity contribution in [2.75, 3.05) is 4.90 Å². The average Bonchev–Trinajstić information content (AvgIpc) is 4.01. The molecule has 6 heteroatoms. The second kappa shape index (κ2) is 19.8. The normalized spacial score (nSPS) is 11.5. The topological polar surface area (TPSA) is 67.9 Å². The number of ketones is 1. The van der Waals surface area contributed by atoms with Gasteiger partial charge in [-0.1, -0.05) is 124 Å². The summed E-state index contributed by atoms with van der Waals surface area (Å²) in [6.07, 6.45) is 13.0. The molecule has 0 unspecified atom stereocenters. The van der Waals surface area contributed by atoms with Crippen LogP contribution >= 0.6 is 22.7 Å². The molecular weight excluding hydrogens is 807 g/mol. The van der Waals surface area contributed by atoms with Gasteiger partial charge in [0.2, 0.25) is 0 Å². The van der Waals surface area contributed by atoms with Gasteiger partial charge in [-0.15, -0.1) is 22.7 Å². The molecule has 2 aromatic heterocycles. The Morgan fingerprint density at radius 3 is 1.51 bits per heavy atom. The lowest BCUT2D eigenvalue weighted by atomic mass is 10.00. The van der Waals surface area contributed by atoms with Gasteiger partial charge in [-0.3, -0.25) is 4.79 Å². The van der Waals surface area contributed by atoms with Gasteiger partial charge in [-0.05, 0) is 145 Å². The quantitative estimate of drug-likeness (QED) is 0.0676. The van der Waals surface area contributed by atoms with Crippen molar-refractivity contribution >= 4 is 51.6 Å². The predicted octanol–water partition coefficient (Wildman–Crippen LogP) is 16.8. The van der Waals surface area contributed by atoms with Gasteiger partial charge in [0.15, 0.2) is 5.78 Å². The third-order valence-corrected chi connectivity index (χ3v) is 14.6. The van der Waals surface area contributed by atoms with Crippen LogP contribution < -0.4 is 4.90 Å². The number of benzene rings is 5. The van der Waals surface area contributed by atoms with Crippen molar-refractivity contribution in [3.8, 4) is 54.6 Å². The molecule has 1 aliphatic rings. The molecule has 0 radical (unpaired) electrons. The van der Waals surface area contributed by atoms with E-state index in [-0.39, 0.29) is 11.4 Å². The van der Waals surface area contributed by atoms with Gasteiger partial charge in [0.25, 0.3) is 0 Å². The van der Waals surface area contributed by atoms with E-state index in [4.69, 9.17) is 0 Å². The van der Waals surface area contributed by atoms with Gasteiger partial charge in [0.05, 0.1) is 0 Å². The Hall–Kier alpha value is -6.31. The number of fused-ring (bicyclic) bond motifs is 3. The summed E-state index contributed by atoms with van der Waals surface area (Å²) in [4.78, 5) is 21.1. The highest BCUT2D eigenvalue weighted by Crippen LogP contribution is 2.45. The zero-order chi connectivity index (χ0) is 43.9. The number of unbranched alkanes of at least 4 members (excludes halogenated alkanes) is 6. The second-order valence-corrected chi connectivity index (χ2v) is 18.9. The molecule has 63 heavy (non-hydrogen) atoms. The smallest absolute Gasteiger partial charge is 0.194 e. The molecule has 0 spiro atoms. The molecule has 0 N–H and O–H groups in total. The molecule has 0 aliphatic heterocycles. The number of carbonyl (C=O) groups excluding carboxylic acids is 1. The molecule has 0 saturated carbocycles. The fraction of sp³-hybridized carbons (Fsp3) is 0.246. The molecule has 0 amide bonds. The molecule has 1 aliphatic carbocycles. The molecular formula is C57H53N3OS2. The maximum Gasteiger partial charge on any atom is 0.194 e. The van der Waals surface area contributed by atoms with Crippen molar-refractivity contribution in [1.29, 1.82) is 10.5 Å². The van der Waals surface area contributed by atoms with E-state index in [0.717, 1.165) is 104 Å². The molecule has 0 fully saturated rings. The number of nitriles is 2. The first-order valence-corrected chi connectivity index (χ1v) is 24.1. The van der Waals surface area contributed by atoms with Crippen molar-refractivity contribution < 1.29 is 4.79 Å². The van der Waals surface area contributed by atoms with E-state index in [1.165, 1.54) is 57.7 Å². The first-order valence-electron chi connectivity index (χ1n) is 22.4. The van der Waals surface area contributed by atoms with E-state index in [2.05, 4.69) is 148 Å². The predicted molar refractivity (Wildman–Crippen MR) is 266 cm³/mol. The number of rotatable bonds is 17. The summed E-state index contributed by atoms with van der Waals surface area (Å²) in [7, 11) is 0. The Labute approximate surface area is 381 Å². The maximum absolute atomic E-state index is 14.3. The van der Waals surface area contributed by atoms with Gasteiger partial charge in [0, 0.05) is 47.7 Å². The molecule has 4 nitrogen and oxygen atoms in total. The van der Waals surface area contributed by atoms with Crippen LogP contribution in [0.3, 0.4) is 0 Å². The lowest BCUT2D eigenvalue weighted by Gasteiger charge is -2.26. The summed E-state index contributed by atoms with van der Waals surface area (Å²) in [5.41, 5.74) is 15.1. The van der Waals surface area contributed by atoms with Gasteiger partial charge in [0.1, 0.15) is 17.7 Å². The Kier molecular flexibility index (Phi) is 13.6. The van der Waals surface area contributed by atoms with Crippen LogP contribution in [0, 0.1) is 36.5 Å². The number of allylic oxidation sites excluding steroid dienone is 1. The molecule has 0 saturated heterocycles. The van der Waals surface area contributed by atoms with Crippen molar-refractivity contribution in [3.63, 3.8) is 0 Å². The highest BCUT2D eigenvalue weighted by atomic mass is 32.1. The highest BCUT2D eigenvalue weighted by molar-refractivity contribution is 7.19. The van der Waals surface area contributed by atoms with Crippen LogP contribution in [-0.4, -0.2) is 5.78 Å². The molecule has 5 aromatic carbocycles. The molecule has 2 heterocycles. The Morgan fingerprint density at radius 2 is 1.00 bits per heavy atom. The number of carbonyl (C=O) groups is 1. The van der Waals surface area contributed by atoms with E-state index in [0.29, 0.717) is 0 Å². The van der Waals surface area contributed by atoms with E-state index in [1.807, 2.05) is 29.5 Å². The number of hydrogen-bond acceptors (Lipinski definition) is 6. The number of hydrogen-bond donors (Lipinski definition) is 0. The monoisotopic (exact) mass is 859 g/mol. The summed E-state index contributed by atoms with van der Waals surface area (Å²) < 4.78 is 0. The zero-order valence-corrected chi connectivity index (χ0v) is 38.4. The lowest BCUT2D eigenvalue weighted by molar-refractivity contribution is 0.104. The SMILES string of the molecule is CCCCCCc1cc(-c2ccc3c(c2)C(=O)c2cc(-c4cc(CCCCCC)c(-c5ccc(N(c6ccc(C)cc6)c6ccc(C)cc6)cc5)s4)ccc2-3)sc1C=C(C#N)C#N. The van der Waals surface area contributed by atoms with E-state index in [1.54, 1.807) is 17.4 Å². The fourth-order valence-electron chi connectivity index (χ4n) is 8.59. The minimum Gasteiger partial charge on any atom is -0.311 e. The van der Waals surface area contributed by atoms with E-state index < -0.39 is 0 Å². The number of aryl methyl sites for hydroxylation is 4. The summed E-state index contributed by atoms with van der Waals surface area (Å²) >= 11 is 3.41. The van der Waals surface area contributed by atoms with Crippen LogP contribution in [0.25, 0.3) is 48.5 Å². The summed E-state index contributed by atoms with van der Waals surface area (Å²) in [5.74, 6) is 0.0512. The minimum absolute atomic E-state index is 0.0512. The summed E-state index contributed by atoms with van der Waals surface area (Å²) in [5, 5.41) is 19.0. The van der Waals surface area contributed by atoms with Crippen LogP contribution in [0.5, 0.6) is 0 Å². The zero-order valence-electron chi connectivity index (χ0n) is 36.8.